The van der Waals surface area contributed by atoms with Crippen LogP contribution in [0.25, 0.3) is 11.1 Å². The third-order valence-electron chi connectivity index (χ3n) is 5.96. The van der Waals surface area contributed by atoms with Gasteiger partial charge in [-0.3, -0.25) is 9.98 Å². The van der Waals surface area contributed by atoms with E-state index in [1.54, 1.807) is 36.7 Å². The van der Waals surface area contributed by atoms with E-state index in [0.717, 1.165) is 33.5 Å². The molecule has 2 N–H and O–H groups in total. The Balaban J connectivity index is 1.83. The molecule has 0 radical (unpaired) electrons. The first-order chi connectivity index (χ1) is 17.4. The van der Waals surface area contributed by atoms with E-state index < -0.39 is 0 Å². The van der Waals surface area contributed by atoms with Crippen LogP contribution in [0.4, 0.5) is 11.4 Å². The number of hydrogen-bond donors (Lipinski definition) is 2. The topological polar surface area (TPSA) is 74.4 Å². The van der Waals surface area contributed by atoms with E-state index in [2.05, 4.69) is 24.9 Å². The Bertz CT molecular complexity index is 1450. The fraction of sp³-hybridized carbons (Fsp3) is 0.161. The number of aromatic hydroxyl groups is 2. The molecule has 0 amide bonds. The van der Waals surface area contributed by atoms with Gasteiger partial charge in [0.05, 0.1) is 12.3 Å². The average Bonchev–Trinajstić information content (AvgIpc) is 2.86. The van der Waals surface area contributed by atoms with E-state index in [-0.39, 0.29) is 11.5 Å². The van der Waals surface area contributed by atoms with Crippen LogP contribution >= 0.6 is 0 Å². The zero-order valence-electron chi connectivity index (χ0n) is 21.0. The van der Waals surface area contributed by atoms with Gasteiger partial charge in [0.1, 0.15) is 22.9 Å². The quantitative estimate of drug-likeness (QED) is 0.269. The van der Waals surface area contributed by atoms with Crippen LogP contribution in [0.1, 0.15) is 34.7 Å². The predicted molar refractivity (Wildman–Crippen MR) is 148 cm³/mol. The van der Waals surface area contributed by atoms with Crippen molar-refractivity contribution in [3.05, 3.63) is 101 Å². The molecular formula is C31H30N2O3. The number of para-hydroxylation sites is 2. The molecule has 0 saturated carbocycles. The number of ether oxygens (including phenoxy) is 1. The molecule has 0 aromatic heterocycles. The molecule has 4 rings (SSSR count). The Morgan fingerprint density at radius 1 is 0.750 bits per heavy atom. The fourth-order valence-corrected chi connectivity index (χ4v) is 4.22. The van der Waals surface area contributed by atoms with E-state index in [1.807, 2.05) is 56.3 Å². The molecule has 0 unspecified atom stereocenters. The van der Waals surface area contributed by atoms with Gasteiger partial charge in [-0.15, -0.1) is 0 Å². The van der Waals surface area contributed by atoms with Crippen molar-refractivity contribution >= 4 is 23.8 Å². The molecule has 0 aliphatic carbocycles. The monoisotopic (exact) mass is 478 g/mol. The van der Waals surface area contributed by atoms with Gasteiger partial charge in [-0.05, 0) is 81.3 Å². The molecule has 4 aromatic carbocycles. The van der Waals surface area contributed by atoms with E-state index in [0.29, 0.717) is 29.2 Å². The molecule has 182 valence electrons. The third kappa shape index (κ3) is 5.31. The maximum Gasteiger partial charge on any atom is 0.148 e. The van der Waals surface area contributed by atoms with E-state index in [9.17, 15) is 10.2 Å². The molecule has 0 aliphatic heterocycles. The zero-order valence-corrected chi connectivity index (χ0v) is 21.0. The van der Waals surface area contributed by atoms with Crippen molar-refractivity contribution in [3.63, 3.8) is 0 Å². The highest BCUT2D eigenvalue weighted by atomic mass is 16.5. The predicted octanol–water partition coefficient (Wildman–Crippen LogP) is 7.59. The van der Waals surface area contributed by atoms with E-state index in [4.69, 9.17) is 9.73 Å². The molecular weight excluding hydrogens is 448 g/mol. The van der Waals surface area contributed by atoms with Crippen molar-refractivity contribution in [2.24, 2.45) is 9.98 Å². The minimum Gasteiger partial charge on any atom is -0.507 e. The lowest BCUT2D eigenvalue weighted by Crippen LogP contribution is -1.99. The molecule has 0 fully saturated rings. The van der Waals surface area contributed by atoms with Crippen molar-refractivity contribution in [3.8, 4) is 28.4 Å². The molecule has 0 heterocycles. The second-order valence-electron chi connectivity index (χ2n) is 8.63. The summed E-state index contributed by atoms with van der Waals surface area (Å²) >= 11 is 0. The number of hydrogen-bond acceptors (Lipinski definition) is 5. The van der Waals surface area contributed by atoms with Crippen molar-refractivity contribution in [2.75, 3.05) is 6.61 Å². The smallest absolute Gasteiger partial charge is 0.148 e. The summed E-state index contributed by atoms with van der Waals surface area (Å²) in [6.45, 7) is 8.58. The van der Waals surface area contributed by atoms with Gasteiger partial charge < -0.3 is 14.9 Å². The standard InChI is InChI=1S/C31H30N2O3/c1-5-36-31-22(4)30(21(3)17-27(31)33-19-24-11-7-9-13-29(24)35)25-16-20(2)14-15-26(25)32-18-23-10-6-8-12-28(23)34/h6-19,34-35H,5H2,1-4H3. The highest BCUT2D eigenvalue weighted by Gasteiger charge is 2.18. The molecule has 0 aliphatic rings. The summed E-state index contributed by atoms with van der Waals surface area (Å²) in [6.07, 6.45) is 3.34. The normalized spacial score (nSPS) is 11.4. The number of rotatable bonds is 7. The number of phenolic OH excluding ortho intramolecular Hbond substituents is 2. The lowest BCUT2D eigenvalue weighted by atomic mass is 9.92. The Labute approximate surface area is 212 Å². The number of phenols is 2. The van der Waals surface area contributed by atoms with Crippen LogP contribution in [0.2, 0.25) is 0 Å². The van der Waals surface area contributed by atoms with Crippen LogP contribution in [0.15, 0.2) is 82.8 Å². The Morgan fingerprint density at radius 3 is 1.92 bits per heavy atom. The zero-order chi connectivity index (χ0) is 25.7. The summed E-state index contributed by atoms with van der Waals surface area (Å²) < 4.78 is 6.07. The summed E-state index contributed by atoms with van der Waals surface area (Å²) in [6, 6.07) is 22.4. The van der Waals surface area contributed by atoms with Crippen LogP contribution in [0, 0.1) is 20.8 Å². The summed E-state index contributed by atoms with van der Waals surface area (Å²) in [7, 11) is 0. The molecule has 5 heteroatoms. The Hall–Kier alpha value is -4.38. The first-order valence-corrected chi connectivity index (χ1v) is 11.9. The summed E-state index contributed by atoms with van der Waals surface area (Å²) in [5.74, 6) is 1.06. The molecule has 0 atom stereocenters. The van der Waals surface area contributed by atoms with Gasteiger partial charge in [0, 0.05) is 34.7 Å². The molecule has 0 saturated heterocycles. The highest BCUT2D eigenvalue weighted by molar-refractivity contribution is 5.91. The van der Waals surface area contributed by atoms with Crippen LogP contribution in [0.5, 0.6) is 17.2 Å². The molecule has 4 aromatic rings. The molecule has 0 bridgehead atoms. The maximum atomic E-state index is 10.1. The van der Waals surface area contributed by atoms with Crippen molar-refractivity contribution in [1.82, 2.24) is 0 Å². The van der Waals surface area contributed by atoms with Gasteiger partial charge in [0.15, 0.2) is 0 Å². The van der Waals surface area contributed by atoms with Crippen molar-refractivity contribution in [1.29, 1.82) is 0 Å². The van der Waals surface area contributed by atoms with Gasteiger partial charge >= 0.3 is 0 Å². The number of nitrogens with zero attached hydrogens (tertiary/aromatic N) is 2. The fourth-order valence-electron chi connectivity index (χ4n) is 4.22. The van der Waals surface area contributed by atoms with Gasteiger partial charge in [0.2, 0.25) is 0 Å². The van der Waals surface area contributed by atoms with Crippen LogP contribution in [-0.4, -0.2) is 29.2 Å². The summed E-state index contributed by atoms with van der Waals surface area (Å²) in [4.78, 5) is 9.41. The van der Waals surface area contributed by atoms with Gasteiger partial charge in [-0.1, -0.05) is 35.9 Å². The summed E-state index contributed by atoms with van der Waals surface area (Å²) in [5, 5.41) is 20.3. The highest BCUT2D eigenvalue weighted by Crippen LogP contribution is 2.43. The van der Waals surface area contributed by atoms with Crippen LogP contribution in [0.3, 0.4) is 0 Å². The minimum absolute atomic E-state index is 0.177. The lowest BCUT2D eigenvalue weighted by molar-refractivity contribution is 0.339. The molecule has 5 nitrogen and oxygen atoms in total. The van der Waals surface area contributed by atoms with Gasteiger partial charge in [0.25, 0.3) is 0 Å². The lowest BCUT2D eigenvalue weighted by Gasteiger charge is -2.19. The Morgan fingerprint density at radius 2 is 1.33 bits per heavy atom. The molecule has 0 spiro atoms. The SMILES string of the molecule is CCOc1c(N=Cc2ccccc2O)cc(C)c(-c2cc(C)ccc2N=Cc2ccccc2O)c1C. The van der Waals surface area contributed by atoms with Crippen LogP contribution < -0.4 is 4.74 Å². The van der Waals surface area contributed by atoms with Crippen molar-refractivity contribution in [2.45, 2.75) is 27.7 Å². The van der Waals surface area contributed by atoms with Gasteiger partial charge in [-0.2, -0.15) is 0 Å². The second-order valence-corrected chi connectivity index (χ2v) is 8.63. The number of aliphatic imine (C=N–C) groups is 2. The second kappa shape index (κ2) is 10.9. The van der Waals surface area contributed by atoms with Crippen LogP contribution in [-0.2, 0) is 0 Å². The first kappa shape index (κ1) is 24.7. The minimum atomic E-state index is 0.177. The maximum absolute atomic E-state index is 10.1. The Kier molecular flexibility index (Phi) is 7.50. The van der Waals surface area contributed by atoms with Crippen molar-refractivity contribution < 1.29 is 14.9 Å². The first-order valence-electron chi connectivity index (χ1n) is 11.9. The summed E-state index contributed by atoms with van der Waals surface area (Å²) in [5.41, 5.74) is 7.91. The number of benzene rings is 4. The van der Waals surface area contributed by atoms with E-state index in [1.165, 1.54) is 0 Å². The van der Waals surface area contributed by atoms with E-state index >= 15 is 0 Å². The average molecular weight is 479 g/mol. The van der Waals surface area contributed by atoms with Gasteiger partial charge in [-0.25, -0.2) is 0 Å². The largest absolute Gasteiger partial charge is 0.507 e. The third-order valence-corrected chi connectivity index (χ3v) is 5.96. The molecule has 36 heavy (non-hydrogen) atoms. The number of aryl methyl sites for hydroxylation is 2.